The molecule has 0 saturated heterocycles. The Morgan fingerprint density at radius 3 is 2.79 bits per heavy atom. The Balaban J connectivity index is 2.13. The van der Waals surface area contributed by atoms with Gasteiger partial charge in [0.05, 0.1) is 13.2 Å². The fourth-order valence-corrected chi connectivity index (χ4v) is 2.14. The minimum Gasteiger partial charge on any atom is -0.469 e. The second kappa shape index (κ2) is 6.02. The van der Waals surface area contributed by atoms with Crippen LogP contribution in [0.25, 0.3) is 0 Å². The number of rotatable bonds is 4. The van der Waals surface area contributed by atoms with E-state index in [9.17, 15) is 9.90 Å². The van der Waals surface area contributed by atoms with Gasteiger partial charge in [0.1, 0.15) is 0 Å². The van der Waals surface area contributed by atoms with E-state index >= 15 is 0 Å². The molecule has 1 saturated carbocycles. The van der Waals surface area contributed by atoms with Crippen LogP contribution in [0.2, 0.25) is 0 Å². The number of esters is 1. The van der Waals surface area contributed by atoms with Crippen LogP contribution in [0.1, 0.15) is 44.9 Å². The third-order valence-electron chi connectivity index (χ3n) is 3.05. The molecule has 0 heterocycles. The van der Waals surface area contributed by atoms with Crippen LogP contribution in [0.5, 0.6) is 0 Å². The molecule has 3 nitrogen and oxygen atoms in total. The highest BCUT2D eigenvalue weighted by Gasteiger charge is 2.22. The van der Waals surface area contributed by atoms with Crippen molar-refractivity contribution in [3.63, 3.8) is 0 Å². The second-order valence-electron chi connectivity index (χ2n) is 4.08. The number of aliphatic hydroxyl groups is 1. The average molecular weight is 200 g/mol. The largest absolute Gasteiger partial charge is 0.469 e. The number of hydrogen-bond acceptors (Lipinski definition) is 3. The van der Waals surface area contributed by atoms with Crippen LogP contribution in [0.4, 0.5) is 0 Å². The number of carbonyl (C=O) groups excluding carboxylic acids is 1. The summed E-state index contributed by atoms with van der Waals surface area (Å²) in [5.41, 5.74) is 0. The molecule has 0 aromatic heterocycles. The molecular weight excluding hydrogens is 180 g/mol. The van der Waals surface area contributed by atoms with Crippen molar-refractivity contribution in [2.24, 2.45) is 5.92 Å². The topological polar surface area (TPSA) is 46.5 Å². The molecule has 2 atom stereocenters. The van der Waals surface area contributed by atoms with Gasteiger partial charge in [-0.1, -0.05) is 12.8 Å². The SMILES string of the molecule is COC(=O)CCCC1CCCCC1O. The lowest BCUT2D eigenvalue weighted by atomic mass is 9.83. The zero-order chi connectivity index (χ0) is 10.4. The van der Waals surface area contributed by atoms with E-state index in [-0.39, 0.29) is 12.1 Å². The molecular formula is C11H20O3. The lowest BCUT2D eigenvalue weighted by Crippen LogP contribution is -2.24. The Labute approximate surface area is 85.5 Å². The summed E-state index contributed by atoms with van der Waals surface area (Å²) in [4.78, 5) is 10.9. The molecule has 0 radical (unpaired) electrons. The fraction of sp³-hybridized carbons (Fsp3) is 0.909. The number of aliphatic hydroxyl groups excluding tert-OH is 1. The maximum Gasteiger partial charge on any atom is 0.305 e. The monoisotopic (exact) mass is 200 g/mol. The summed E-state index contributed by atoms with van der Waals surface area (Å²) in [6, 6.07) is 0. The van der Waals surface area contributed by atoms with Crippen molar-refractivity contribution in [1.29, 1.82) is 0 Å². The van der Waals surface area contributed by atoms with Crippen LogP contribution in [0, 0.1) is 5.92 Å². The van der Waals surface area contributed by atoms with Gasteiger partial charge in [-0.3, -0.25) is 4.79 Å². The molecule has 0 aromatic rings. The molecule has 1 fully saturated rings. The molecule has 14 heavy (non-hydrogen) atoms. The smallest absolute Gasteiger partial charge is 0.305 e. The maximum atomic E-state index is 10.9. The van der Waals surface area contributed by atoms with Crippen molar-refractivity contribution in [1.82, 2.24) is 0 Å². The number of carbonyl (C=O) groups is 1. The van der Waals surface area contributed by atoms with E-state index in [0.717, 1.165) is 32.1 Å². The van der Waals surface area contributed by atoms with E-state index in [2.05, 4.69) is 4.74 Å². The first kappa shape index (κ1) is 11.5. The van der Waals surface area contributed by atoms with Gasteiger partial charge in [-0.15, -0.1) is 0 Å². The zero-order valence-electron chi connectivity index (χ0n) is 8.87. The number of methoxy groups -OCH3 is 1. The summed E-state index contributed by atoms with van der Waals surface area (Å²) in [6.07, 6.45) is 6.56. The third-order valence-corrected chi connectivity index (χ3v) is 3.05. The van der Waals surface area contributed by atoms with Crippen molar-refractivity contribution >= 4 is 5.97 Å². The number of ether oxygens (including phenoxy) is 1. The van der Waals surface area contributed by atoms with Crippen LogP contribution < -0.4 is 0 Å². The first-order valence-corrected chi connectivity index (χ1v) is 5.49. The Morgan fingerprint density at radius 2 is 2.14 bits per heavy atom. The molecule has 1 rings (SSSR count). The standard InChI is InChI=1S/C11H20O3/c1-14-11(13)8-4-6-9-5-2-3-7-10(9)12/h9-10,12H,2-8H2,1H3. The molecule has 2 unspecified atom stereocenters. The molecule has 0 amide bonds. The quantitative estimate of drug-likeness (QED) is 0.705. The van der Waals surface area contributed by atoms with Crippen molar-refractivity contribution in [3.05, 3.63) is 0 Å². The van der Waals surface area contributed by atoms with Crippen LogP contribution >= 0.6 is 0 Å². The van der Waals surface area contributed by atoms with Crippen LogP contribution in [-0.4, -0.2) is 24.3 Å². The van der Waals surface area contributed by atoms with E-state index in [1.807, 2.05) is 0 Å². The van der Waals surface area contributed by atoms with Gasteiger partial charge < -0.3 is 9.84 Å². The fourth-order valence-electron chi connectivity index (χ4n) is 2.14. The highest BCUT2D eigenvalue weighted by atomic mass is 16.5. The first-order valence-electron chi connectivity index (χ1n) is 5.49. The average Bonchev–Trinajstić information content (AvgIpc) is 2.20. The summed E-state index contributed by atoms with van der Waals surface area (Å²) in [7, 11) is 1.41. The lowest BCUT2D eigenvalue weighted by Gasteiger charge is -2.27. The summed E-state index contributed by atoms with van der Waals surface area (Å²) in [6.45, 7) is 0. The van der Waals surface area contributed by atoms with Crippen LogP contribution in [0.15, 0.2) is 0 Å². The Hall–Kier alpha value is -0.570. The third kappa shape index (κ3) is 3.66. The first-order chi connectivity index (χ1) is 6.74. The van der Waals surface area contributed by atoms with Crippen LogP contribution in [0.3, 0.4) is 0 Å². The van der Waals surface area contributed by atoms with Crippen molar-refractivity contribution in [2.75, 3.05) is 7.11 Å². The van der Waals surface area contributed by atoms with E-state index in [0.29, 0.717) is 12.3 Å². The van der Waals surface area contributed by atoms with E-state index in [1.54, 1.807) is 0 Å². The minimum atomic E-state index is -0.143. The molecule has 1 aliphatic carbocycles. The van der Waals surface area contributed by atoms with Gasteiger partial charge in [0.15, 0.2) is 0 Å². The highest BCUT2D eigenvalue weighted by molar-refractivity contribution is 5.68. The van der Waals surface area contributed by atoms with Gasteiger partial charge in [0.2, 0.25) is 0 Å². The van der Waals surface area contributed by atoms with Gasteiger partial charge >= 0.3 is 5.97 Å². The van der Waals surface area contributed by atoms with Gasteiger partial charge in [0, 0.05) is 6.42 Å². The van der Waals surface area contributed by atoms with E-state index in [1.165, 1.54) is 13.5 Å². The molecule has 3 heteroatoms. The lowest BCUT2D eigenvalue weighted by molar-refractivity contribution is -0.140. The van der Waals surface area contributed by atoms with E-state index in [4.69, 9.17) is 0 Å². The molecule has 1 aliphatic rings. The Kier molecular flexibility index (Phi) is 4.94. The summed E-state index contributed by atoms with van der Waals surface area (Å²) < 4.78 is 4.57. The number of hydrogen-bond donors (Lipinski definition) is 1. The molecule has 0 aliphatic heterocycles. The molecule has 0 spiro atoms. The van der Waals surface area contributed by atoms with Gasteiger partial charge in [-0.05, 0) is 31.6 Å². The highest BCUT2D eigenvalue weighted by Crippen LogP contribution is 2.28. The van der Waals surface area contributed by atoms with Crippen molar-refractivity contribution in [3.8, 4) is 0 Å². The summed E-state index contributed by atoms with van der Waals surface area (Å²) in [5.74, 6) is 0.267. The van der Waals surface area contributed by atoms with Crippen LogP contribution in [-0.2, 0) is 9.53 Å². The maximum absolute atomic E-state index is 10.9. The normalized spacial score (nSPS) is 27.3. The molecule has 0 aromatic carbocycles. The van der Waals surface area contributed by atoms with Crippen molar-refractivity contribution in [2.45, 2.75) is 51.0 Å². The second-order valence-corrected chi connectivity index (χ2v) is 4.08. The molecule has 82 valence electrons. The van der Waals surface area contributed by atoms with Gasteiger partial charge in [0.25, 0.3) is 0 Å². The summed E-state index contributed by atoms with van der Waals surface area (Å²) in [5, 5.41) is 9.68. The Morgan fingerprint density at radius 1 is 1.43 bits per heavy atom. The summed E-state index contributed by atoms with van der Waals surface area (Å²) >= 11 is 0. The van der Waals surface area contributed by atoms with Gasteiger partial charge in [-0.25, -0.2) is 0 Å². The van der Waals surface area contributed by atoms with Gasteiger partial charge in [-0.2, -0.15) is 0 Å². The van der Waals surface area contributed by atoms with E-state index < -0.39 is 0 Å². The predicted molar refractivity (Wildman–Crippen MR) is 53.8 cm³/mol. The van der Waals surface area contributed by atoms with Crippen molar-refractivity contribution < 1.29 is 14.6 Å². The Bertz CT molecular complexity index is 179. The molecule has 1 N–H and O–H groups in total. The minimum absolute atomic E-state index is 0.138. The predicted octanol–water partition coefficient (Wildman–Crippen LogP) is 1.88. The zero-order valence-corrected chi connectivity index (χ0v) is 8.87. The molecule has 0 bridgehead atoms.